The summed E-state index contributed by atoms with van der Waals surface area (Å²) < 4.78 is 5.28. The van der Waals surface area contributed by atoms with Crippen molar-refractivity contribution in [3.63, 3.8) is 0 Å². The quantitative estimate of drug-likeness (QED) is 0.881. The summed E-state index contributed by atoms with van der Waals surface area (Å²) in [7, 11) is 1.68. The Morgan fingerprint density at radius 2 is 1.75 bits per heavy atom. The van der Waals surface area contributed by atoms with Crippen molar-refractivity contribution in [3.05, 3.63) is 24.3 Å². The van der Waals surface area contributed by atoms with Gasteiger partial charge < -0.3 is 20.3 Å². The molecule has 1 saturated heterocycles. The van der Waals surface area contributed by atoms with Crippen LogP contribution in [0, 0.1) is 0 Å². The molecular formula is C17H27Cl2N3O2. The fraction of sp³-hybridized carbons (Fsp3) is 0.588. The molecule has 0 bridgehead atoms. The van der Waals surface area contributed by atoms with E-state index in [9.17, 15) is 4.79 Å². The first kappa shape index (κ1) is 20.9. The fourth-order valence-electron chi connectivity index (χ4n) is 3.51. The number of amides is 1. The van der Waals surface area contributed by atoms with Crippen LogP contribution in [0.3, 0.4) is 0 Å². The smallest absolute Gasteiger partial charge is 0.242 e. The van der Waals surface area contributed by atoms with Crippen LogP contribution in [-0.4, -0.2) is 49.6 Å². The minimum Gasteiger partial charge on any atom is -0.497 e. The van der Waals surface area contributed by atoms with Gasteiger partial charge in [0, 0.05) is 37.9 Å². The third kappa shape index (κ3) is 4.26. The normalized spacial score (nSPS) is 19.2. The summed E-state index contributed by atoms with van der Waals surface area (Å²) in [6.45, 7) is 3.17. The van der Waals surface area contributed by atoms with Gasteiger partial charge in [0.2, 0.25) is 5.91 Å². The van der Waals surface area contributed by atoms with E-state index >= 15 is 0 Å². The summed E-state index contributed by atoms with van der Waals surface area (Å²) in [4.78, 5) is 16.9. The number of hydrogen-bond donors (Lipinski definition) is 1. The zero-order chi connectivity index (χ0) is 15.6. The van der Waals surface area contributed by atoms with E-state index in [1.807, 2.05) is 23.1 Å². The van der Waals surface area contributed by atoms with E-state index in [0.29, 0.717) is 0 Å². The van der Waals surface area contributed by atoms with Crippen LogP contribution in [0.15, 0.2) is 24.3 Å². The average Bonchev–Trinajstić information content (AvgIpc) is 3.02. The molecule has 2 N–H and O–H groups in total. The van der Waals surface area contributed by atoms with E-state index in [4.69, 9.17) is 10.5 Å². The summed E-state index contributed by atoms with van der Waals surface area (Å²) in [5.41, 5.74) is 6.84. The maximum atomic E-state index is 12.6. The molecule has 1 aromatic carbocycles. The number of carbonyl (C=O) groups is 1. The van der Waals surface area contributed by atoms with E-state index in [-0.39, 0.29) is 30.7 Å². The van der Waals surface area contributed by atoms with Gasteiger partial charge in [-0.1, -0.05) is 18.9 Å². The largest absolute Gasteiger partial charge is 0.497 e. The van der Waals surface area contributed by atoms with Crippen molar-refractivity contribution in [2.75, 3.05) is 38.2 Å². The van der Waals surface area contributed by atoms with Crippen molar-refractivity contribution in [1.82, 2.24) is 4.90 Å². The van der Waals surface area contributed by atoms with Gasteiger partial charge in [-0.2, -0.15) is 0 Å². The topological polar surface area (TPSA) is 58.8 Å². The van der Waals surface area contributed by atoms with Crippen LogP contribution in [0.25, 0.3) is 0 Å². The summed E-state index contributed by atoms with van der Waals surface area (Å²) in [6.07, 6.45) is 3.82. The highest BCUT2D eigenvalue weighted by atomic mass is 35.5. The molecule has 0 atom stereocenters. The molecule has 0 aromatic heterocycles. The minimum atomic E-state index is -0.599. The summed E-state index contributed by atoms with van der Waals surface area (Å²) in [6, 6.07) is 8.07. The van der Waals surface area contributed by atoms with Crippen molar-refractivity contribution in [2.24, 2.45) is 5.73 Å². The van der Waals surface area contributed by atoms with Gasteiger partial charge >= 0.3 is 0 Å². The maximum Gasteiger partial charge on any atom is 0.242 e. The number of benzene rings is 1. The highest BCUT2D eigenvalue weighted by Gasteiger charge is 2.40. The second-order valence-electron chi connectivity index (χ2n) is 6.34. The molecule has 3 rings (SSSR count). The van der Waals surface area contributed by atoms with Gasteiger partial charge in [-0.05, 0) is 25.0 Å². The van der Waals surface area contributed by atoms with Gasteiger partial charge in [0.05, 0.1) is 12.6 Å². The van der Waals surface area contributed by atoms with Crippen molar-refractivity contribution in [1.29, 1.82) is 0 Å². The maximum absolute atomic E-state index is 12.6. The Kier molecular flexibility index (Phi) is 7.64. The number of hydrogen-bond acceptors (Lipinski definition) is 4. The highest BCUT2D eigenvalue weighted by molar-refractivity contribution is 5.86. The van der Waals surface area contributed by atoms with Crippen LogP contribution in [0.2, 0.25) is 0 Å². The number of nitrogens with two attached hydrogens (primary N) is 1. The number of anilines is 1. The lowest BCUT2D eigenvalue weighted by molar-refractivity contribution is -0.137. The van der Waals surface area contributed by atoms with Gasteiger partial charge in [-0.3, -0.25) is 4.79 Å². The number of rotatable bonds is 3. The molecule has 2 fully saturated rings. The number of halogens is 2. The molecule has 1 saturated carbocycles. The first-order valence-corrected chi connectivity index (χ1v) is 8.10. The van der Waals surface area contributed by atoms with Crippen LogP contribution >= 0.6 is 24.8 Å². The second kappa shape index (κ2) is 8.79. The lowest BCUT2D eigenvalue weighted by atomic mass is 9.97. The van der Waals surface area contributed by atoms with Crippen LogP contribution in [0.1, 0.15) is 25.7 Å². The van der Waals surface area contributed by atoms with Crippen LogP contribution in [0.5, 0.6) is 5.75 Å². The van der Waals surface area contributed by atoms with Crippen molar-refractivity contribution >= 4 is 36.4 Å². The first-order valence-electron chi connectivity index (χ1n) is 8.10. The SMILES string of the molecule is COc1cccc(N2CCN(C(=O)C3(N)CCCC3)CC2)c1.Cl.Cl. The van der Waals surface area contributed by atoms with E-state index in [1.54, 1.807) is 7.11 Å². The van der Waals surface area contributed by atoms with Crippen LogP contribution in [-0.2, 0) is 4.79 Å². The van der Waals surface area contributed by atoms with E-state index in [2.05, 4.69) is 11.0 Å². The molecule has 24 heavy (non-hydrogen) atoms. The minimum absolute atomic E-state index is 0. The Bertz CT molecular complexity index is 542. The summed E-state index contributed by atoms with van der Waals surface area (Å²) in [5, 5.41) is 0. The fourth-order valence-corrected chi connectivity index (χ4v) is 3.51. The van der Waals surface area contributed by atoms with Gasteiger partial charge in [0.25, 0.3) is 0 Å². The molecule has 0 unspecified atom stereocenters. The second-order valence-corrected chi connectivity index (χ2v) is 6.34. The number of methoxy groups -OCH3 is 1. The molecular weight excluding hydrogens is 349 g/mol. The lowest BCUT2D eigenvalue weighted by Gasteiger charge is -2.39. The molecule has 0 spiro atoms. The number of ether oxygens (including phenoxy) is 1. The van der Waals surface area contributed by atoms with Gasteiger partial charge in [0.1, 0.15) is 5.75 Å². The van der Waals surface area contributed by atoms with E-state index < -0.39 is 5.54 Å². The van der Waals surface area contributed by atoms with Crippen molar-refractivity contribution in [3.8, 4) is 5.75 Å². The lowest BCUT2D eigenvalue weighted by Crippen LogP contribution is -2.58. The Morgan fingerprint density at radius 1 is 1.12 bits per heavy atom. The van der Waals surface area contributed by atoms with Gasteiger partial charge in [-0.25, -0.2) is 0 Å². The predicted octanol–water partition coefficient (Wildman–Crippen LogP) is 2.46. The average molecular weight is 376 g/mol. The monoisotopic (exact) mass is 375 g/mol. The van der Waals surface area contributed by atoms with E-state index in [1.165, 1.54) is 0 Å². The molecule has 0 radical (unpaired) electrons. The van der Waals surface area contributed by atoms with Crippen LogP contribution in [0.4, 0.5) is 5.69 Å². The van der Waals surface area contributed by atoms with Crippen molar-refractivity contribution in [2.45, 2.75) is 31.2 Å². The molecule has 1 heterocycles. The number of carbonyl (C=O) groups excluding carboxylic acids is 1. The zero-order valence-corrected chi connectivity index (χ0v) is 15.7. The molecule has 1 aromatic rings. The Balaban J connectivity index is 0.00000144. The summed E-state index contributed by atoms with van der Waals surface area (Å²) >= 11 is 0. The summed E-state index contributed by atoms with van der Waals surface area (Å²) in [5.74, 6) is 1.01. The zero-order valence-electron chi connectivity index (χ0n) is 14.1. The Labute approximate surface area is 156 Å². The molecule has 2 aliphatic rings. The number of piperazine rings is 1. The molecule has 1 aliphatic carbocycles. The highest BCUT2D eigenvalue weighted by Crippen LogP contribution is 2.30. The standard InChI is InChI=1S/C17H25N3O2.2ClH/c1-22-15-6-4-5-14(13-15)19-9-11-20(12-10-19)16(21)17(18)7-2-3-8-17;;/h4-6,13H,2-3,7-12,18H2,1H3;2*1H. The van der Waals surface area contributed by atoms with Crippen LogP contribution < -0.4 is 15.4 Å². The predicted molar refractivity (Wildman–Crippen MR) is 102 cm³/mol. The Morgan fingerprint density at radius 3 is 2.33 bits per heavy atom. The molecule has 7 heteroatoms. The first-order chi connectivity index (χ1) is 10.6. The van der Waals surface area contributed by atoms with Gasteiger partial charge in [0.15, 0.2) is 0 Å². The molecule has 1 aliphatic heterocycles. The molecule has 1 amide bonds. The molecule has 136 valence electrons. The third-order valence-corrected chi connectivity index (χ3v) is 4.91. The molecule has 5 nitrogen and oxygen atoms in total. The van der Waals surface area contributed by atoms with Crippen molar-refractivity contribution < 1.29 is 9.53 Å². The van der Waals surface area contributed by atoms with Gasteiger partial charge in [-0.15, -0.1) is 24.8 Å². The Hall–Kier alpha value is -1.17. The number of nitrogens with zero attached hydrogens (tertiary/aromatic N) is 2. The van der Waals surface area contributed by atoms with E-state index in [0.717, 1.165) is 63.3 Å². The third-order valence-electron chi connectivity index (χ3n) is 4.91.